The number of halogens is 1. The van der Waals surface area contributed by atoms with Crippen LogP contribution >= 0.6 is 11.6 Å². The van der Waals surface area contributed by atoms with Crippen LogP contribution in [0, 0.1) is 0 Å². The minimum Gasteiger partial charge on any atom is -0.508 e. The zero-order chi connectivity index (χ0) is 11.4. The van der Waals surface area contributed by atoms with Crippen LogP contribution in [0.1, 0.15) is 5.56 Å². The minimum atomic E-state index is 0.125. The molecule has 1 heterocycles. The largest absolute Gasteiger partial charge is 0.508 e. The van der Waals surface area contributed by atoms with E-state index in [9.17, 15) is 5.11 Å². The van der Waals surface area contributed by atoms with Gasteiger partial charge in [-0.05, 0) is 35.9 Å². The Hall–Kier alpha value is -1.87. The van der Waals surface area contributed by atoms with Gasteiger partial charge >= 0.3 is 0 Å². The highest BCUT2D eigenvalue weighted by Crippen LogP contribution is 2.19. The van der Waals surface area contributed by atoms with Crippen LogP contribution in [-0.4, -0.2) is 16.3 Å². The van der Waals surface area contributed by atoms with Gasteiger partial charge in [0.1, 0.15) is 5.75 Å². The first-order chi connectivity index (χ1) is 7.74. The third-order valence-corrected chi connectivity index (χ3v) is 2.13. The average molecular weight is 233 g/mol. The molecule has 1 aromatic carbocycles. The number of hydrogen-bond acceptors (Lipinski definition) is 3. The summed E-state index contributed by atoms with van der Waals surface area (Å²) in [5.41, 5.74) is 1.50. The molecule has 0 aliphatic heterocycles. The fourth-order valence-electron chi connectivity index (χ4n) is 1.25. The van der Waals surface area contributed by atoms with Crippen LogP contribution in [-0.2, 0) is 0 Å². The first-order valence-corrected chi connectivity index (χ1v) is 5.05. The Morgan fingerprint density at radius 2 is 2.19 bits per heavy atom. The molecule has 0 unspecified atom stereocenters. The highest BCUT2D eigenvalue weighted by Gasteiger charge is 1.95. The molecule has 16 heavy (non-hydrogen) atoms. The number of phenols is 1. The fraction of sp³-hybridized carbons (Fsp3) is 0. The molecule has 0 fully saturated rings. The van der Waals surface area contributed by atoms with Crippen molar-refractivity contribution in [2.75, 3.05) is 0 Å². The number of rotatable bonds is 2. The Morgan fingerprint density at radius 3 is 2.88 bits per heavy atom. The predicted molar refractivity (Wildman–Crippen MR) is 64.6 cm³/mol. The summed E-state index contributed by atoms with van der Waals surface area (Å²) >= 11 is 5.80. The summed E-state index contributed by atoms with van der Waals surface area (Å²) in [5.74, 6) is 0.125. The van der Waals surface area contributed by atoms with Gasteiger partial charge in [0.2, 0.25) is 0 Å². The van der Waals surface area contributed by atoms with Crippen molar-refractivity contribution in [1.29, 1.82) is 0 Å². The number of aliphatic imine (C=N–C) groups is 1. The molecular formula is C12H9ClN2O. The molecular weight excluding hydrogens is 224 g/mol. The van der Waals surface area contributed by atoms with E-state index < -0.39 is 0 Å². The summed E-state index contributed by atoms with van der Waals surface area (Å²) < 4.78 is 0. The van der Waals surface area contributed by atoms with Crippen molar-refractivity contribution in [2.24, 2.45) is 4.99 Å². The topological polar surface area (TPSA) is 45.5 Å². The van der Waals surface area contributed by atoms with E-state index in [1.54, 1.807) is 30.7 Å². The molecule has 2 aromatic rings. The van der Waals surface area contributed by atoms with Gasteiger partial charge < -0.3 is 5.11 Å². The molecule has 0 atom stereocenters. The third-order valence-electron chi connectivity index (χ3n) is 1.91. The van der Waals surface area contributed by atoms with Gasteiger partial charge in [0, 0.05) is 17.4 Å². The molecule has 1 N–H and O–H groups in total. The molecule has 0 saturated heterocycles. The molecule has 0 spiro atoms. The lowest BCUT2D eigenvalue weighted by Crippen LogP contribution is -1.80. The van der Waals surface area contributed by atoms with Crippen molar-refractivity contribution >= 4 is 23.5 Å². The second kappa shape index (κ2) is 4.77. The Kier molecular flexibility index (Phi) is 3.17. The minimum absolute atomic E-state index is 0.125. The van der Waals surface area contributed by atoms with Crippen molar-refractivity contribution < 1.29 is 5.11 Å². The zero-order valence-electron chi connectivity index (χ0n) is 8.34. The van der Waals surface area contributed by atoms with E-state index in [2.05, 4.69) is 9.98 Å². The lowest BCUT2D eigenvalue weighted by atomic mass is 10.2. The Labute approximate surface area is 98.1 Å². The van der Waals surface area contributed by atoms with Crippen LogP contribution in [0.25, 0.3) is 0 Å². The third kappa shape index (κ3) is 2.81. The molecule has 0 amide bonds. The van der Waals surface area contributed by atoms with E-state index in [1.165, 1.54) is 6.07 Å². The molecule has 0 aliphatic rings. The zero-order valence-corrected chi connectivity index (χ0v) is 9.09. The summed E-state index contributed by atoms with van der Waals surface area (Å²) in [6.07, 6.45) is 4.97. The standard InChI is InChI=1S/C12H9ClN2O/c13-10-4-9(5-12(16)6-10)7-15-11-2-1-3-14-8-11/h1-8,16H. The van der Waals surface area contributed by atoms with E-state index in [0.717, 1.165) is 11.3 Å². The van der Waals surface area contributed by atoms with Crippen molar-refractivity contribution in [3.63, 3.8) is 0 Å². The predicted octanol–water partition coefficient (Wildman–Crippen LogP) is 3.19. The first kappa shape index (κ1) is 10.6. The quantitative estimate of drug-likeness (QED) is 0.809. The second-order valence-corrected chi connectivity index (χ2v) is 3.65. The number of hydrogen-bond donors (Lipinski definition) is 1. The van der Waals surface area contributed by atoms with E-state index >= 15 is 0 Å². The molecule has 0 bridgehead atoms. The normalized spacial score (nSPS) is 10.8. The number of benzene rings is 1. The maximum absolute atomic E-state index is 9.33. The van der Waals surface area contributed by atoms with E-state index in [0.29, 0.717) is 5.02 Å². The van der Waals surface area contributed by atoms with Gasteiger partial charge in [-0.3, -0.25) is 9.98 Å². The average Bonchev–Trinajstić information content (AvgIpc) is 2.27. The number of aromatic nitrogens is 1. The van der Waals surface area contributed by atoms with Crippen LogP contribution in [0.4, 0.5) is 5.69 Å². The Balaban J connectivity index is 2.24. The molecule has 4 heteroatoms. The summed E-state index contributed by atoms with van der Waals surface area (Å²) in [6, 6.07) is 8.44. The molecule has 80 valence electrons. The van der Waals surface area contributed by atoms with Crippen molar-refractivity contribution in [2.45, 2.75) is 0 Å². The van der Waals surface area contributed by atoms with Gasteiger partial charge in [0.25, 0.3) is 0 Å². The number of aromatic hydroxyl groups is 1. The first-order valence-electron chi connectivity index (χ1n) is 4.68. The van der Waals surface area contributed by atoms with Crippen LogP contribution < -0.4 is 0 Å². The van der Waals surface area contributed by atoms with Gasteiger partial charge in [-0.2, -0.15) is 0 Å². The van der Waals surface area contributed by atoms with Crippen LogP contribution in [0.3, 0.4) is 0 Å². The van der Waals surface area contributed by atoms with E-state index in [1.807, 2.05) is 12.1 Å². The Bertz CT molecular complexity index is 491. The molecule has 0 radical (unpaired) electrons. The summed E-state index contributed by atoms with van der Waals surface area (Å²) in [5, 5.41) is 9.81. The summed E-state index contributed by atoms with van der Waals surface area (Å²) in [4.78, 5) is 8.14. The van der Waals surface area contributed by atoms with Crippen LogP contribution in [0.15, 0.2) is 47.7 Å². The van der Waals surface area contributed by atoms with Gasteiger partial charge in [-0.15, -0.1) is 0 Å². The number of nitrogens with zero attached hydrogens (tertiary/aromatic N) is 2. The molecule has 1 aromatic heterocycles. The molecule has 0 saturated carbocycles. The van der Waals surface area contributed by atoms with Crippen LogP contribution in [0.2, 0.25) is 5.02 Å². The molecule has 3 nitrogen and oxygen atoms in total. The van der Waals surface area contributed by atoms with E-state index in [-0.39, 0.29) is 5.75 Å². The van der Waals surface area contributed by atoms with Crippen molar-refractivity contribution in [3.05, 3.63) is 53.3 Å². The van der Waals surface area contributed by atoms with E-state index in [4.69, 9.17) is 11.6 Å². The van der Waals surface area contributed by atoms with Crippen LogP contribution in [0.5, 0.6) is 5.75 Å². The highest BCUT2D eigenvalue weighted by atomic mass is 35.5. The van der Waals surface area contributed by atoms with Crippen molar-refractivity contribution in [3.8, 4) is 5.75 Å². The second-order valence-electron chi connectivity index (χ2n) is 3.21. The SMILES string of the molecule is Oc1cc(Cl)cc(C=Nc2cccnc2)c1. The fourth-order valence-corrected chi connectivity index (χ4v) is 1.49. The smallest absolute Gasteiger partial charge is 0.117 e. The molecule has 0 aliphatic carbocycles. The van der Waals surface area contributed by atoms with Gasteiger partial charge in [0.15, 0.2) is 0 Å². The monoisotopic (exact) mass is 232 g/mol. The Morgan fingerprint density at radius 1 is 1.31 bits per heavy atom. The maximum Gasteiger partial charge on any atom is 0.117 e. The van der Waals surface area contributed by atoms with Gasteiger partial charge in [-0.25, -0.2) is 0 Å². The highest BCUT2D eigenvalue weighted by molar-refractivity contribution is 6.31. The summed E-state index contributed by atoms with van der Waals surface area (Å²) in [6.45, 7) is 0. The number of pyridine rings is 1. The lowest BCUT2D eigenvalue weighted by Gasteiger charge is -1.97. The molecule has 2 rings (SSSR count). The van der Waals surface area contributed by atoms with Gasteiger partial charge in [0.05, 0.1) is 11.9 Å². The lowest BCUT2D eigenvalue weighted by molar-refractivity contribution is 0.475. The van der Waals surface area contributed by atoms with Gasteiger partial charge in [-0.1, -0.05) is 11.6 Å². The van der Waals surface area contributed by atoms with Crippen molar-refractivity contribution in [1.82, 2.24) is 4.98 Å². The maximum atomic E-state index is 9.33. The summed E-state index contributed by atoms with van der Waals surface area (Å²) in [7, 11) is 0. The number of phenolic OH excluding ortho intramolecular Hbond substituents is 1.